The molecule has 0 bridgehead atoms. The van der Waals surface area contributed by atoms with Gasteiger partial charge in [-0.2, -0.15) is 18.4 Å². The van der Waals surface area contributed by atoms with Crippen LogP contribution < -0.4 is 5.32 Å². The predicted octanol–water partition coefficient (Wildman–Crippen LogP) is 2.82. The van der Waals surface area contributed by atoms with Gasteiger partial charge in [-0.15, -0.1) is 0 Å². The van der Waals surface area contributed by atoms with Crippen molar-refractivity contribution in [1.29, 1.82) is 5.26 Å². The molecule has 0 aliphatic carbocycles. The van der Waals surface area contributed by atoms with Gasteiger partial charge >= 0.3 is 6.18 Å². The monoisotopic (exact) mass is 246 g/mol. The number of carbonyl (C=O) groups excluding carboxylic acids is 1. The first kappa shape index (κ1) is 15.2. The maximum absolute atomic E-state index is 12.1. The van der Waals surface area contributed by atoms with Crippen molar-refractivity contribution in [3.8, 4) is 6.07 Å². The van der Waals surface area contributed by atoms with Crippen molar-refractivity contribution < 1.29 is 18.0 Å². The molecule has 0 aromatic rings. The van der Waals surface area contributed by atoms with Crippen LogP contribution in [-0.4, -0.2) is 12.0 Å². The summed E-state index contributed by atoms with van der Waals surface area (Å²) in [6.07, 6.45) is -4.88. The minimum atomic E-state index is -4.88. The second-order valence-electron chi connectivity index (χ2n) is 3.56. The van der Waals surface area contributed by atoms with Gasteiger partial charge in [-0.05, 0) is 27.7 Å². The number of Topliss-reactive ketones (excluding diaryl/α,β-unsaturated/α-hetero) is 1. The van der Waals surface area contributed by atoms with E-state index >= 15 is 0 Å². The standard InChI is InChI=1S/C11H13F3N2O/c1-6(5-15)8(3)16-9(4)7(2)10(17)11(12,13)14/h16H,1-4H3/b8-6-,9-7?. The summed E-state index contributed by atoms with van der Waals surface area (Å²) < 4.78 is 36.4. The molecule has 0 atom stereocenters. The van der Waals surface area contributed by atoms with Crippen LogP contribution in [0, 0.1) is 11.3 Å². The average Bonchev–Trinajstić information content (AvgIpc) is 2.24. The topological polar surface area (TPSA) is 52.9 Å². The van der Waals surface area contributed by atoms with E-state index in [0.29, 0.717) is 11.3 Å². The van der Waals surface area contributed by atoms with Gasteiger partial charge < -0.3 is 5.32 Å². The Morgan fingerprint density at radius 3 is 1.94 bits per heavy atom. The lowest BCUT2D eigenvalue weighted by molar-refractivity contribution is -0.166. The van der Waals surface area contributed by atoms with E-state index < -0.39 is 17.5 Å². The first-order chi connectivity index (χ1) is 7.61. The first-order valence-corrected chi connectivity index (χ1v) is 4.74. The number of ketones is 1. The number of hydrogen-bond acceptors (Lipinski definition) is 3. The zero-order chi connectivity index (χ0) is 13.8. The lowest BCUT2D eigenvalue weighted by atomic mass is 10.1. The molecule has 0 aliphatic heterocycles. The van der Waals surface area contributed by atoms with Crippen molar-refractivity contribution >= 4 is 5.78 Å². The summed E-state index contributed by atoms with van der Waals surface area (Å²) in [4.78, 5) is 10.9. The number of halogens is 3. The van der Waals surface area contributed by atoms with Crippen molar-refractivity contribution in [2.45, 2.75) is 33.9 Å². The van der Waals surface area contributed by atoms with E-state index in [0.717, 1.165) is 6.92 Å². The van der Waals surface area contributed by atoms with E-state index in [1.54, 1.807) is 6.92 Å². The van der Waals surface area contributed by atoms with Gasteiger partial charge in [0.2, 0.25) is 0 Å². The fourth-order valence-electron chi connectivity index (χ4n) is 0.936. The fraction of sp³-hybridized carbons (Fsp3) is 0.455. The van der Waals surface area contributed by atoms with Crippen LogP contribution in [0.2, 0.25) is 0 Å². The van der Waals surface area contributed by atoms with Crippen LogP contribution in [0.15, 0.2) is 22.5 Å². The van der Waals surface area contributed by atoms with Crippen LogP contribution in [-0.2, 0) is 4.79 Å². The van der Waals surface area contributed by atoms with Crippen LogP contribution in [0.5, 0.6) is 0 Å². The number of carbonyl (C=O) groups is 1. The molecule has 0 amide bonds. The van der Waals surface area contributed by atoms with Crippen molar-refractivity contribution in [3.63, 3.8) is 0 Å². The molecule has 94 valence electrons. The molecule has 0 aromatic carbocycles. The maximum atomic E-state index is 12.1. The number of hydrogen-bond donors (Lipinski definition) is 1. The molecular weight excluding hydrogens is 233 g/mol. The predicted molar refractivity (Wildman–Crippen MR) is 56.6 cm³/mol. The molecule has 0 aromatic heterocycles. The molecule has 0 saturated heterocycles. The van der Waals surface area contributed by atoms with Crippen molar-refractivity contribution in [3.05, 3.63) is 22.5 Å². The quantitative estimate of drug-likeness (QED) is 0.615. The SMILES string of the molecule is CC(N/C(C)=C(/C)C#N)=C(C)C(=O)C(F)(F)F. The summed E-state index contributed by atoms with van der Waals surface area (Å²) in [6.45, 7) is 5.52. The van der Waals surface area contributed by atoms with Crippen LogP contribution in [0.25, 0.3) is 0 Å². The summed E-state index contributed by atoms with van der Waals surface area (Å²) in [5.41, 5.74) is 0.429. The number of nitrogens with zero attached hydrogens (tertiary/aromatic N) is 1. The van der Waals surface area contributed by atoms with Crippen LogP contribution in [0.4, 0.5) is 13.2 Å². The number of nitrogens with one attached hydrogen (secondary N) is 1. The molecule has 0 heterocycles. The van der Waals surface area contributed by atoms with Gasteiger partial charge in [0, 0.05) is 22.5 Å². The number of nitriles is 1. The minimum Gasteiger partial charge on any atom is -0.362 e. The zero-order valence-corrected chi connectivity index (χ0v) is 9.99. The van der Waals surface area contributed by atoms with Gasteiger partial charge in [0.25, 0.3) is 5.78 Å². The highest BCUT2D eigenvalue weighted by atomic mass is 19.4. The highest BCUT2D eigenvalue weighted by molar-refractivity contribution is 5.99. The van der Waals surface area contributed by atoms with Gasteiger partial charge in [0.1, 0.15) is 0 Å². The van der Waals surface area contributed by atoms with E-state index in [4.69, 9.17) is 5.26 Å². The van der Waals surface area contributed by atoms with E-state index in [1.165, 1.54) is 13.8 Å². The molecule has 0 radical (unpaired) electrons. The fourth-order valence-corrected chi connectivity index (χ4v) is 0.936. The summed E-state index contributed by atoms with van der Waals surface area (Å²) in [6, 6.07) is 1.86. The highest BCUT2D eigenvalue weighted by Crippen LogP contribution is 2.21. The minimum absolute atomic E-state index is 0.0828. The maximum Gasteiger partial charge on any atom is 0.454 e. The van der Waals surface area contributed by atoms with Gasteiger partial charge in [-0.25, -0.2) is 0 Å². The number of allylic oxidation sites excluding steroid dienone is 4. The zero-order valence-electron chi connectivity index (χ0n) is 9.99. The lowest BCUT2D eigenvalue weighted by Gasteiger charge is -2.12. The van der Waals surface area contributed by atoms with Gasteiger partial charge in [-0.1, -0.05) is 0 Å². The van der Waals surface area contributed by atoms with E-state index in [9.17, 15) is 18.0 Å². The van der Waals surface area contributed by atoms with E-state index in [2.05, 4.69) is 5.32 Å². The molecule has 0 fully saturated rings. The smallest absolute Gasteiger partial charge is 0.362 e. The Morgan fingerprint density at radius 2 is 1.59 bits per heavy atom. The summed E-state index contributed by atoms with van der Waals surface area (Å²) >= 11 is 0. The number of alkyl halides is 3. The Balaban J connectivity index is 5.12. The third-order valence-corrected chi connectivity index (χ3v) is 2.27. The van der Waals surface area contributed by atoms with Gasteiger partial charge in [0.05, 0.1) is 6.07 Å². The summed E-state index contributed by atoms with van der Waals surface area (Å²) in [7, 11) is 0. The second kappa shape index (κ2) is 5.53. The first-order valence-electron chi connectivity index (χ1n) is 4.74. The van der Waals surface area contributed by atoms with Crippen LogP contribution >= 0.6 is 0 Å². The molecule has 17 heavy (non-hydrogen) atoms. The Labute approximate surface area is 97.6 Å². The molecule has 0 unspecified atom stereocenters. The second-order valence-corrected chi connectivity index (χ2v) is 3.56. The normalized spacial score (nSPS) is 14.5. The largest absolute Gasteiger partial charge is 0.454 e. The van der Waals surface area contributed by atoms with Crippen molar-refractivity contribution in [2.75, 3.05) is 0 Å². The molecule has 0 aliphatic rings. The van der Waals surface area contributed by atoms with Crippen molar-refractivity contribution in [1.82, 2.24) is 5.32 Å². The van der Waals surface area contributed by atoms with Gasteiger partial charge in [0.15, 0.2) is 0 Å². The highest BCUT2D eigenvalue weighted by Gasteiger charge is 2.39. The molecule has 0 spiro atoms. The molecule has 6 heteroatoms. The van der Waals surface area contributed by atoms with Gasteiger partial charge in [-0.3, -0.25) is 4.79 Å². The van der Waals surface area contributed by atoms with E-state index in [-0.39, 0.29) is 5.70 Å². The lowest BCUT2D eigenvalue weighted by Crippen LogP contribution is -2.26. The average molecular weight is 246 g/mol. The summed E-state index contributed by atoms with van der Waals surface area (Å²) in [5.74, 6) is -1.88. The molecule has 0 rings (SSSR count). The molecule has 3 nitrogen and oxygen atoms in total. The molecular formula is C11H13F3N2O. The summed E-state index contributed by atoms with van der Waals surface area (Å²) in [5, 5.41) is 11.2. The Hall–Kier alpha value is -1.77. The third kappa shape index (κ3) is 4.31. The van der Waals surface area contributed by atoms with E-state index in [1.807, 2.05) is 6.07 Å². The van der Waals surface area contributed by atoms with Crippen LogP contribution in [0.3, 0.4) is 0 Å². The third-order valence-electron chi connectivity index (χ3n) is 2.27. The Kier molecular flexibility index (Phi) is 4.95. The van der Waals surface area contributed by atoms with Crippen molar-refractivity contribution in [2.24, 2.45) is 0 Å². The van der Waals surface area contributed by atoms with Crippen LogP contribution in [0.1, 0.15) is 27.7 Å². The number of rotatable bonds is 3. The molecule has 1 N–H and O–H groups in total. The molecule has 0 saturated carbocycles. The Morgan fingerprint density at radius 1 is 1.12 bits per heavy atom. The Bertz CT molecular complexity index is 425.